The number of aryl methyl sites for hydroxylation is 1. The molecule has 15 heavy (non-hydrogen) atoms. The van der Waals surface area contributed by atoms with Crippen LogP contribution in [0.4, 0.5) is 0 Å². The molecule has 84 valence electrons. The summed E-state index contributed by atoms with van der Waals surface area (Å²) in [6.45, 7) is 4.86. The number of aromatic nitrogens is 1. The third kappa shape index (κ3) is 5.50. The van der Waals surface area contributed by atoms with E-state index >= 15 is 0 Å². The zero-order chi connectivity index (χ0) is 10.9. The fourth-order valence-electron chi connectivity index (χ4n) is 1.44. The summed E-state index contributed by atoms with van der Waals surface area (Å²) in [6, 6.07) is 2.16. The maximum atomic E-state index is 4.98. The van der Waals surface area contributed by atoms with Gasteiger partial charge in [-0.15, -0.1) is 0 Å². The predicted octanol–water partition coefficient (Wildman–Crippen LogP) is 1.91. The molecule has 0 fully saturated rings. The smallest absolute Gasteiger partial charge is 0.0462 e. The number of ether oxygens (including phenoxy) is 1. The van der Waals surface area contributed by atoms with Crippen LogP contribution < -0.4 is 5.32 Å². The molecular formula is C12H20N2O. The van der Waals surface area contributed by atoms with Gasteiger partial charge in [0.05, 0.1) is 0 Å². The molecule has 1 rings (SSSR count). The molecule has 0 aliphatic rings. The van der Waals surface area contributed by atoms with Crippen LogP contribution in [-0.4, -0.2) is 25.2 Å². The zero-order valence-corrected chi connectivity index (χ0v) is 9.62. The standard InChI is InChI=1S/C12H20N2O/c1-11-7-12(10-14-8-11)9-13-5-3-4-6-15-2/h7-8,10,13H,3-6,9H2,1-2H3. The Morgan fingerprint density at radius 2 is 2.20 bits per heavy atom. The van der Waals surface area contributed by atoms with Crippen molar-refractivity contribution in [2.45, 2.75) is 26.3 Å². The van der Waals surface area contributed by atoms with Gasteiger partial charge >= 0.3 is 0 Å². The van der Waals surface area contributed by atoms with Crippen molar-refractivity contribution >= 4 is 0 Å². The first-order valence-electron chi connectivity index (χ1n) is 5.43. The number of rotatable bonds is 7. The highest BCUT2D eigenvalue weighted by Gasteiger charge is 1.93. The second kappa shape index (κ2) is 7.37. The van der Waals surface area contributed by atoms with Crippen LogP contribution in [0.2, 0.25) is 0 Å². The Morgan fingerprint density at radius 3 is 2.93 bits per heavy atom. The maximum Gasteiger partial charge on any atom is 0.0462 e. The third-order valence-corrected chi connectivity index (χ3v) is 2.21. The molecule has 0 bridgehead atoms. The van der Waals surface area contributed by atoms with Gasteiger partial charge in [0.2, 0.25) is 0 Å². The Labute approximate surface area is 91.9 Å². The maximum absolute atomic E-state index is 4.98. The van der Waals surface area contributed by atoms with Crippen LogP contribution in [0.1, 0.15) is 24.0 Å². The van der Waals surface area contributed by atoms with Gasteiger partial charge in [0.1, 0.15) is 0 Å². The highest BCUT2D eigenvalue weighted by Crippen LogP contribution is 2.00. The predicted molar refractivity (Wildman–Crippen MR) is 61.8 cm³/mol. The van der Waals surface area contributed by atoms with Crippen molar-refractivity contribution in [1.29, 1.82) is 0 Å². The Balaban J connectivity index is 2.10. The summed E-state index contributed by atoms with van der Waals surface area (Å²) in [4.78, 5) is 4.15. The molecule has 1 aromatic heterocycles. The lowest BCUT2D eigenvalue weighted by atomic mass is 10.2. The third-order valence-electron chi connectivity index (χ3n) is 2.21. The van der Waals surface area contributed by atoms with E-state index in [-0.39, 0.29) is 0 Å². The van der Waals surface area contributed by atoms with Crippen molar-refractivity contribution in [1.82, 2.24) is 10.3 Å². The van der Waals surface area contributed by atoms with Crippen LogP contribution >= 0.6 is 0 Å². The normalized spacial score (nSPS) is 10.5. The largest absolute Gasteiger partial charge is 0.385 e. The summed E-state index contributed by atoms with van der Waals surface area (Å²) < 4.78 is 4.98. The van der Waals surface area contributed by atoms with Gasteiger partial charge in [0, 0.05) is 32.7 Å². The lowest BCUT2D eigenvalue weighted by molar-refractivity contribution is 0.192. The summed E-state index contributed by atoms with van der Waals surface area (Å²) in [5, 5.41) is 3.39. The monoisotopic (exact) mass is 208 g/mol. The van der Waals surface area contributed by atoms with Gasteiger partial charge in [-0.25, -0.2) is 0 Å². The summed E-state index contributed by atoms with van der Waals surface area (Å²) >= 11 is 0. The van der Waals surface area contributed by atoms with Crippen molar-refractivity contribution in [3.63, 3.8) is 0 Å². The second-order valence-corrected chi connectivity index (χ2v) is 3.75. The average molecular weight is 208 g/mol. The average Bonchev–Trinajstić information content (AvgIpc) is 2.23. The molecular weight excluding hydrogens is 188 g/mol. The van der Waals surface area contributed by atoms with Gasteiger partial charge in [-0.2, -0.15) is 0 Å². The number of unbranched alkanes of at least 4 members (excludes halogenated alkanes) is 1. The summed E-state index contributed by atoms with van der Waals surface area (Å²) in [6.07, 6.45) is 6.07. The Morgan fingerprint density at radius 1 is 1.33 bits per heavy atom. The molecule has 0 atom stereocenters. The minimum Gasteiger partial charge on any atom is -0.385 e. The van der Waals surface area contributed by atoms with E-state index in [1.165, 1.54) is 11.1 Å². The van der Waals surface area contributed by atoms with Crippen LogP contribution in [0.5, 0.6) is 0 Å². The molecule has 1 heterocycles. The first-order chi connectivity index (χ1) is 7.33. The molecule has 0 amide bonds. The molecule has 0 unspecified atom stereocenters. The minimum atomic E-state index is 0.855. The van der Waals surface area contributed by atoms with Crippen LogP contribution in [-0.2, 0) is 11.3 Å². The Kier molecular flexibility index (Phi) is 5.97. The van der Waals surface area contributed by atoms with E-state index in [4.69, 9.17) is 4.74 Å². The first kappa shape index (κ1) is 12.1. The number of hydrogen-bond donors (Lipinski definition) is 1. The van der Waals surface area contributed by atoms with E-state index in [0.717, 1.165) is 32.5 Å². The van der Waals surface area contributed by atoms with E-state index in [2.05, 4.69) is 23.3 Å². The number of nitrogens with zero attached hydrogens (tertiary/aromatic N) is 1. The summed E-state index contributed by atoms with van der Waals surface area (Å²) in [5.74, 6) is 0. The van der Waals surface area contributed by atoms with Crippen molar-refractivity contribution in [2.75, 3.05) is 20.3 Å². The summed E-state index contributed by atoms with van der Waals surface area (Å²) in [5.41, 5.74) is 2.47. The topological polar surface area (TPSA) is 34.1 Å². The molecule has 3 heteroatoms. The number of nitrogens with one attached hydrogen (secondary N) is 1. The van der Waals surface area contributed by atoms with Crippen LogP contribution in [0.15, 0.2) is 18.5 Å². The van der Waals surface area contributed by atoms with Crippen molar-refractivity contribution < 1.29 is 4.74 Å². The molecule has 0 aromatic carbocycles. The van der Waals surface area contributed by atoms with E-state index in [0.29, 0.717) is 0 Å². The lowest BCUT2D eigenvalue weighted by Crippen LogP contribution is -2.15. The van der Waals surface area contributed by atoms with Crippen molar-refractivity contribution in [3.05, 3.63) is 29.6 Å². The second-order valence-electron chi connectivity index (χ2n) is 3.75. The van der Waals surface area contributed by atoms with Crippen molar-refractivity contribution in [3.8, 4) is 0 Å². The highest BCUT2D eigenvalue weighted by atomic mass is 16.5. The SMILES string of the molecule is COCCCCNCc1cncc(C)c1. The number of pyridine rings is 1. The molecule has 0 spiro atoms. The van der Waals surface area contributed by atoms with Crippen LogP contribution in [0, 0.1) is 6.92 Å². The fourth-order valence-corrected chi connectivity index (χ4v) is 1.44. The first-order valence-corrected chi connectivity index (χ1v) is 5.43. The molecule has 0 aliphatic heterocycles. The Bertz CT molecular complexity index is 276. The van der Waals surface area contributed by atoms with Crippen molar-refractivity contribution in [2.24, 2.45) is 0 Å². The van der Waals surface area contributed by atoms with E-state index < -0.39 is 0 Å². The minimum absolute atomic E-state index is 0.855. The molecule has 0 aliphatic carbocycles. The molecule has 3 nitrogen and oxygen atoms in total. The number of hydrogen-bond acceptors (Lipinski definition) is 3. The van der Waals surface area contributed by atoms with Gasteiger partial charge < -0.3 is 10.1 Å². The van der Waals surface area contributed by atoms with Gasteiger partial charge in [-0.1, -0.05) is 6.07 Å². The molecule has 1 aromatic rings. The van der Waals surface area contributed by atoms with Crippen LogP contribution in [0.3, 0.4) is 0 Å². The quantitative estimate of drug-likeness (QED) is 0.695. The van der Waals surface area contributed by atoms with E-state index in [9.17, 15) is 0 Å². The summed E-state index contributed by atoms with van der Waals surface area (Å²) in [7, 11) is 1.74. The van der Waals surface area contributed by atoms with Gasteiger partial charge in [0.25, 0.3) is 0 Å². The Hall–Kier alpha value is -0.930. The fraction of sp³-hybridized carbons (Fsp3) is 0.583. The van der Waals surface area contributed by atoms with Gasteiger partial charge in [-0.05, 0) is 37.4 Å². The highest BCUT2D eigenvalue weighted by molar-refractivity contribution is 5.16. The molecule has 0 saturated carbocycles. The van der Waals surface area contributed by atoms with E-state index in [1.54, 1.807) is 7.11 Å². The molecule has 0 saturated heterocycles. The molecule has 0 radical (unpaired) electrons. The zero-order valence-electron chi connectivity index (χ0n) is 9.62. The lowest BCUT2D eigenvalue weighted by Gasteiger charge is -2.04. The van der Waals surface area contributed by atoms with Gasteiger partial charge in [-0.3, -0.25) is 4.98 Å². The van der Waals surface area contributed by atoms with Crippen LogP contribution in [0.25, 0.3) is 0 Å². The van der Waals surface area contributed by atoms with E-state index in [1.807, 2.05) is 12.4 Å². The molecule has 1 N–H and O–H groups in total. The number of methoxy groups -OCH3 is 1. The van der Waals surface area contributed by atoms with Gasteiger partial charge in [0.15, 0.2) is 0 Å².